The minimum atomic E-state index is -0.188. The fourth-order valence-electron chi connectivity index (χ4n) is 2.15. The number of carbonyl (C=O) groups is 1. The van der Waals surface area contributed by atoms with Crippen molar-refractivity contribution in [3.63, 3.8) is 0 Å². The summed E-state index contributed by atoms with van der Waals surface area (Å²) in [5.74, 6) is 1.68. The highest BCUT2D eigenvalue weighted by atomic mass is 16.7. The van der Waals surface area contributed by atoms with E-state index < -0.39 is 0 Å². The Morgan fingerprint density at radius 1 is 1.18 bits per heavy atom. The topological polar surface area (TPSA) is 70.8 Å². The Bertz CT molecular complexity index is 735. The second kappa shape index (κ2) is 5.81. The van der Waals surface area contributed by atoms with Gasteiger partial charge >= 0.3 is 0 Å². The lowest BCUT2D eigenvalue weighted by atomic mass is 10.1. The maximum Gasteiger partial charge on any atom is 0.231 e. The molecular weight excluding hydrogens is 282 g/mol. The zero-order valence-corrected chi connectivity index (χ0v) is 12.0. The van der Waals surface area contributed by atoms with Gasteiger partial charge in [-0.25, -0.2) is 0 Å². The van der Waals surface area contributed by atoms with E-state index in [4.69, 9.17) is 19.9 Å². The monoisotopic (exact) mass is 297 g/mol. The first-order valence-electron chi connectivity index (χ1n) is 6.73. The van der Waals surface area contributed by atoms with E-state index in [9.17, 15) is 4.79 Å². The summed E-state index contributed by atoms with van der Waals surface area (Å²) < 4.78 is 15.6. The molecule has 0 saturated carbocycles. The number of nitrogen functional groups attached to an aromatic ring is 1. The van der Waals surface area contributed by atoms with Crippen molar-refractivity contribution in [2.24, 2.45) is 0 Å². The van der Waals surface area contributed by atoms with E-state index in [-0.39, 0.29) is 12.6 Å². The number of anilines is 1. The van der Waals surface area contributed by atoms with Crippen LogP contribution in [-0.2, 0) is 0 Å². The van der Waals surface area contributed by atoms with Gasteiger partial charge in [-0.15, -0.1) is 0 Å². The summed E-state index contributed by atoms with van der Waals surface area (Å²) in [6.07, 6.45) is 3.21. The molecule has 2 aromatic rings. The molecule has 0 aromatic heterocycles. The van der Waals surface area contributed by atoms with Crippen molar-refractivity contribution in [2.45, 2.75) is 0 Å². The van der Waals surface area contributed by atoms with Crippen LogP contribution < -0.4 is 19.9 Å². The van der Waals surface area contributed by atoms with Gasteiger partial charge in [-0.1, -0.05) is 18.2 Å². The molecule has 2 aromatic carbocycles. The van der Waals surface area contributed by atoms with E-state index >= 15 is 0 Å². The van der Waals surface area contributed by atoms with Gasteiger partial charge in [-0.05, 0) is 29.8 Å². The van der Waals surface area contributed by atoms with Gasteiger partial charge in [0.05, 0.1) is 7.11 Å². The lowest BCUT2D eigenvalue weighted by molar-refractivity contribution is 0.104. The molecule has 0 spiro atoms. The predicted molar refractivity (Wildman–Crippen MR) is 83.3 cm³/mol. The van der Waals surface area contributed by atoms with Crippen molar-refractivity contribution in [2.75, 3.05) is 19.6 Å². The molecule has 1 aliphatic rings. The molecule has 0 unspecified atom stereocenters. The minimum absolute atomic E-state index is 0.147. The molecule has 0 saturated heterocycles. The van der Waals surface area contributed by atoms with E-state index in [1.165, 1.54) is 6.08 Å². The molecule has 5 heteroatoms. The van der Waals surface area contributed by atoms with Crippen LogP contribution >= 0.6 is 0 Å². The fraction of sp³-hybridized carbons (Fsp3) is 0.118. The number of methoxy groups -OCH3 is 1. The van der Waals surface area contributed by atoms with Crippen LogP contribution in [0.1, 0.15) is 15.9 Å². The van der Waals surface area contributed by atoms with Crippen LogP contribution in [0.25, 0.3) is 6.08 Å². The normalized spacial score (nSPS) is 12.6. The summed E-state index contributed by atoms with van der Waals surface area (Å²) >= 11 is 0. The van der Waals surface area contributed by atoms with E-state index in [0.717, 1.165) is 11.3 Å². The van der Waals surface area contributed by atoms with Crippen LogP contribution in [0.4, 0.5) is 5.69 Å². The molecule has 0 radical (unpaired) electrons. The van der Waals surface area contributed by atoms with Crippen LogP contribution in [0.5, 0.6) is 17.2 Å². The van der Waals surface area contributed by atoms with Crippen molar-refractivity contribution in [3.8, 4) is 17.2 Å². The highest BCUT2D eigenvalue weighted by Gasteiger charge is 2.18. The predicted octanol–water partition coefficient (Wildman–Crippen LogP) is 2.90. The summed E-state index contributed by atoms with van der Waals surface area (Å²) in [5.41, 5.74) is 7.56. The fourth-order valence-corrected chi connectivity index (χ4v) is 2.15. The number of allylic oxidation sites excluding steroid dienone is 1. The van der Waals surface area contributed by atoms with Crippen molar-refractivity contribution < 1.29 is 19.0 Å². The molecule has 1 heterocycles. The summed E-state index contributed by atoms with van der Waals surface area (Å²) in [7, 11) is 1.61. The molecule has 0 aliphatic carbocycles. The van der Waals surface area contributed by atoms with Gasteiger partial charge in [0.25, 0.3) is 0 Å². The molecule has 3 rings (SSSR count). The van der Waals surface area contributed by atoms with Gasteiger partial charge in [0.2, 0.25) is 6.79 Å². The Labute approximate surface area is 127 Å². The van der Waals surface area contributed by atoms with Gasteiger partial charge in [0.15, 0.2) is 17.3 Å². The number of fused-ring (bicyclic) bond motifs is 1. The maximum atomic E-state index is 12.3. The molecule has 0 fully saturated rings. The van der Waals surface area contributed by atoms with Gasteiger partial charge in [-0.2, -0.15) is 0 Å². The Morgan fingerprint density at radius 2 is 1.86 bits per heavy atom. The van der Waals surface area contributed by atoms with Gasteiger partial charge in [0.1, 0.15) is 5.75 Å². The average Bonchev–Trinajstić information content (AvgIpc) is 2.99. The third-order valence-corrected chi connectivity index (χ3v) is 3.35. The first-order valence-corrected chi connectivity index (χ1v) is 6.73. The van der Waals surface area contributed by atoms with Crippen LogP contribution in [0.3, 0.4) is 0 Å². The third kappa shape index (κ3) is 2.74. The smallest absolute Gasteiger partial charge is 0.231 e. The lowest BCUT2D eigenvalue weighted by Crippen LogP contribution is -2.00. The van der Waals surface area contributed by atoms with Gasteiger partial charge in [-0.3, -0.25) is 4.79 Å². The first-order chi connectivity index (χ1) is 10.7. The maximum absolute atomic E-state index is 12.3. The highest BCUT2D eigenvalue weighted by Crippen LogP contribution is 2.36. The van der Waals surface area contributed by atoms with E-state index in [0.29, 0.717) is 22.7 Å². The number of hydrogen-bond donors (Lipinski definition) is 1. The molecule has 2 N–H and O–H groups in total. The Balaban J connectivity index is 1.80. The second-order valence-electron chi connectivity index (χ2n) is 4.76. The first kappa shape index (κ1) is 14.0. The number of hydrogen-bond acceptors (Lipinski definition) is 5. The summed E-state index contributed by atoms with van der Waals surface area (Å²) in [6.45, 7) is 0.147. The molecule has 5 nitrogen and oxygen atoms in total. The van der Waals surface area contributed by atoms with Crippen LogP contribution in [0.2, 0.25) is 0 Å². The van der Waals surface area contributed by atoms with Crippen LogP contribution in [0.15, 0.2) is 42.5 Å². The molecular formula is C17H15NO4. The van der Waals surface area contributed by atoms with E-state index in [1.54, 1.807) is 25.3 Å². The third-order valence-electron chi connectivity index (χ3n) is 3.35. The van der Waals surface area contributed by atoms with Crippen molar-refractivity contribution >= 4 is 17.5 Å². The van der Waals surface area contributed by atoms with E-state index in [2.05, 4.69) is 0 Å². The molecule has 112 valence electrons. The Hall–Kier alpha value is -2.95. The Morgan fingerprint density at radius 3 is 2.55 bits per heavy atom. The standard InChI is InChI=1S/C17H15NO4/c1-20-12-5-2-11(3-6-12)4-7-15(19)13-8-16-17(9-14(13)18)22-10-21-16/h2-9H,10,18H2,1H3/b7-4+. The Kier molecular flexibility index (Phi) is 3.70. The zero-order valence-electron chi connectivity index (χ0n) is 12.0. The molecule has 1 aliphatic heterocycles. The molecule has 0 amide bonds. The molecule has 0 bridgehead atoms. The number of nitrogens with two attached hydrogens (primary N) is 1. The van der Waals surface area contributed by atoms with Crippen molar-refractivity contribution in [1.82, 2.24) is 0 Å². The molecule has 0 atom stereocenters. The number of ether oxygens (including phenoxy) is 3. The van der Waals surface area contributed by atoms with Crippen LogP contribution in [-0.4, -0.2) is 19.7 Å². The van der Waals surface area contributed by atoms with Crippen LogP contribution in [0, 0.1) is 0 Å². The SMILES string of the molecule is COc1ccc(/C=C/C(=O)c2cc3c(cc2N)OCO3)cc1. The summed E-state index contributed by atoms with van der Waals surface area (Å²) in [4.78, 5) is 12.3. The van der Waals surface area contributed by atoms with Gasteiger partial charge in [0, 0.05) is 17.3 Å². The number of carbonyl (C=O) groups excluding carboxylic acids is 1. The quantitative estimate of drug-likeness (QED) is 0.534. The lowest BCUT2D eigenvalue weighted by Gasteiger charge is -2.04. The number of benzene rings is 2. The highest BCUT2D eigenvalue weighted by molar-refractivity contribution is 6.10. The molecule has 22 heavy (non-hydrogen) atoms. The van der Waals surface area contributed by atoms with Crippen molar-refractivity contribution in [3.05, 3.63) is 53.6 Å². The summed E-state index contributed by atoms with van der Waals surface area (Å²) in [5, 5.41) is 0. The van der Waals surface area contributed by atoms with Gasteiger partial charge < -0.3 is 19.9 Å². The number of ketones is 1. The zero-order chi connectivity index (χ0) is 15.5. The average molecular weight is 297 g/mol. The van der Waals surface area contributed by atoms with E-state index in [1.807, 2.05) is 24.3 Å². The second-order valence-corrected chi connectivity index (χ2v) is 4.76. The minimum Gasteiger partial charge on any atom is -0.497 e. The number of rotatable bonds is 4. The summed E-state index contributed by atoms with van der Waals surface area (Å²) in [6, 6.07) is 10.6. The largest absolute Gasteiger partial charge is 0.497 e. The van der Waals surface area contributed by atoms with Crippen molar-refractivity contribution in [1.29, 1.82) is 0 Å².